The molecule has 0 aliphatic carbocycles. The third-order valence-electron chi connectivity index (χ3n) is 4.66. The van der Waals surface area contributed by atoms with E-state index in [-0.39, 0.29) is 11.7 Å². The van der Waals surface area contributed by atoms with Crippen LogP contribution in [0.15, 0.2) is 76.5 Å². The quantitative estimate of drug-likeness (QED) is 0.356. The fraction of sp³-hybridized carbons (Fsp3) is 0.174. The van der Waals surface area contributed by atoms with Crippen molar-refractivity contribution in [1.82, 2.24) is 14.8 Å². The number of carbonyl (C=O) groups excluding carboxylic acids is 1. The fourth-order valence-corrected chi connectivity index (χ4v) is 3.97. The van der Waals surface area contributed by atoms with Gasteiger partial charge in [0, 0.05) is 16.3 Å². The largest absolute Gasteiger partial charge is 0.467 e. The van der Waals surface area contributed by atoms with Crippen LogP contribution in [0, 0.1) is 0 Å². The van der Waals surface area contributed by atoms with E-state index in [2.05, 4.69) is 22.4 Å². The molecule has 6 nitrogen and oxygen atoms in total. The standard InChI is InChI=1S/C23H21ClN4O2S/c1-2-16-5-3-6-19(13-16)25-21(29)15-31-23-27-26-22(17-8-10-18(24)11-9-17)28(23)14-20-7-4-12-30-20/h3-13H,2,14-15H2,1H3,(H,25,29). The van der Waals surface area contributed by atoms with Crippen molar-refractivity contribution in [1.29, 1.82) is 0 Å². The van der Waals surface area contributed by atoms with Gasteiger partial charge in [-0.1, -0.05) is 42.4 Å². The van der Waals surface area contributed by atoms with E-state index in [9.17, 15) is 4.79 Å². The van der Waals surface area contributed by atoms with Gasteiger partial charge < -0.3 is 9.73 Å². The molecule has 8 heteroatoms. The second-order valence-electron chi connectivity index (χ2n) is 6.87. The number of nitrogens with one attached hydrogen (secondary N) is 1. The number of benzene rings is 2. The van der Waals surface area contributed by atoms with Gasteiger partial charge in [0.05, 0.1) is 18.6 Å². The Hall–Kier alpha value is -3.03. The van der Waals surface area contributed by atoms with Crippen molar-refractivity contribution < 1.29 is 9.21 Å². The van der Waals surface area contributed by atoms with Crippen molar-refractivity contribution in [3.63, 3.8) is 0 Å². The van der Waals surface area contributed by atoms with Crippen molar-refractivity contribution in [2.45, 2.75) is 25.0 Å². The second-order valence-corrected chi connectivity index (χ2v) is 8.25. The Balaban J connectivity index is 1.51. The van der Waals surface area contributed by atoms with Gasteiger partial charge in [-0.3, -0.25) is 9.36 Å². The van der Waals surface area contributed by atoms with Gasteiger partial charge >= 0.3 is 0 Å². The molecular formula is C23H21ClN4O2S. The van der Waals surface area contributed by atoms with Crippen molar-refractivity contribution in [2.75, 3.05) is 11.1 Å². The SMILES string of the molecule is CCc1cccc(NC(=O)CSc2nnc(-c3ccc(Cl)cc3)n2Cc2ccco2)c1. The minimum absolute atomic E-state index is 0.0983. The van der Waals surface area contributed by atoms with Crippen molar-refractivity contribution in [2.24, 2.45) is 0 Å². The average molecular weight is 453 g/mol. The van der Waals surface area contributed by atoms with Crippen LogP contribution in [0.25, 0.3) is 11.4 Å². The van der Waals surface area contributed by atoms with E-state index in [1.54, 1.807) is 6.26 Å². The van der Waals surface area contributed by atoms with E-state index in [1.807, 2.05) is 65.2 Å². The van der Waals surface area contributed by atoms with Gasteiger partial charge in [0.2, 0.25) is 5.91 Å². The van der Waals surface area contributed by atoms with E-state index in [0.29, 0.717) is 22.5 Å². The molecule has 0 aliphatic rings. The maximum atomic E-state index is 12.5. The highest BCUT2D eigenvalue weighted by atomic mass is 35.5. The Bertz CT molecular complexity index is 1160. The number of hydrogen-bond acceptors (Lipinski definition) is 5. The van der Waals surface area contributed by atoms with Gasteiger partial charge in [0.25, 0.3) is 0 Å². The summed E-state index contributed by atoms with van der Waals surface area (Å²) in [5, 5.41) is 12.9. The number of nitrogens with zero attached hydrogens (tertiary/aromatic N) is 3. The van der Waals surface area contributed by atoms with Gasteiger partial charge in [-0.15, -0.1) is 10.2 Å². The fourth-order valence-electron chi connectivity index (χ4n) is 3.11. The molecule has 0 bridgehead atoms. The first-order valence-electron chi connectivity index (χ1n) is 9.85. The van der Waals surface area contributed by atoms with Crippen LogP contribution in [0.1, 0.15) is 18.2 Å². The summed E-state index contributed by atoms with van der Waals surface area (Å²) in [5.41, 5.74) is 2.86. The molecule has 1 amide bonds. The molecule has 1 N–H and O–H groups in total. The molecule has 0 saturated carbocycles. The molecule has 31 heavy (non-hydrogen) atoms. The number of thioether (sulfide) groups is 1. The summed E-state index contributed by atoms with van der Waals surface area (Å²) in [6.07, 6.45) is 2.55. The molecule has 2 heterocycles. The maximum Gasteiger partial charge on any atom is 0.234 e. The number of aryl methyl sites for hydroxylation is 1. The molecule has 4 rings (SSSR count). The number of carbonyl (C=O) groups is 1. The molecule has 0 fully saturated rings. The lowest BCUT2D eigenvalue weighted by atomic mass is 10.1. The van der Waals surface area contributed by atoms with Crippen molar-refractivity contribution in [3.8, 4) is 11.4 Å². The van der Waals surface area contributed by atoms with Crippen LogP contribution in [-0.2, 0) is 17.8 Å². The van der Waals surface area contributed by atoms with Crippen LogP contribution in [0.3, 0.4) is 0 Å². The van der Waals surface area contributed by atoms with Gasteiger partial charge in [-0.25, -0.2) is 0 Å². The molecule has 158 valence electrons. The summed E-state index contributed by atoms with van der Waals surface area (Å²) in [4.78, 5) is 12.5. The third-order valence-corrected chi connectivity index (χ3v) is 5.88. The highest BCUT2D eigenvalue weighted by molar-refractivity contribution is 7.99. The topological polar surface area (TPSA) is 73.0 Å². The number of halogens is 1. The summed E-state index contributed by atoms with van der Waals surface area (Å²) in [6, 6.07) is 19.0. The second kappa shape index (κ2) is 9.85. The summed E-state index contributed by atoms with van der Waals surface area (Å²) >= 11 is 7.36. The summed E-state index contributed by atoms with van der Waals surface area (Å²) < 4.78 is 7.45. The van der Waals surface area contributed by atoms with Crippen molar-refractivity contribution in [3.05, 3.63) is 83.3 Å². The van der Waals surface area contributed by atoms with Crippen molar-refractivity contribution >= 4 is 35.0 Å². The number of rotatable bonds is 8. The Morgan fingerprint density at radius 2 is 1.97 bits per heavy atom. The Labute approximate surface area is 189 Å². The lowest BCUT2D eigenvalue weighted by molar-refractivity contribution is -0.113. The molecule has 0 spiro atoms. The summed E-state index contributed by atoms with van der Waals surface area (Å²) in [5.74, 6) is 1.58. The van der Waals surface area contributed by atoms with E-state index < -0.39 is 0 Å². The highest BCUT2D eigenvalue weighted by Crippen LogP contribution is 2.26. The molecule has 4 aromatic rings. The molecule has 0 atom stereocenters. The van der Waals surface area contributed by atoms with Crippen LogP contribution < -0.4 is 5.32 Å². The minimum Gasteiger partial charge on any atom is -0.467 e. The average Bonchev–Trinajstić information content (AvgIpc) is 3.43. The lowest BCUT2D eigenvalue weighted by Gasteiger charge is -2.09. The van der Waals surface area contributed by atoms with Crippen LogP contribution in [-0.4, -0.2) is 26.4 Å². The van der Waals surface area contributed by atoms with Crippen LogP contribution in [0.2, 0.25) is 5.02 Å². The number of amides is 1. The number of anilines is 1. The number of furan rings is 1. The monoisotopic (exact) mass is 452 g/mol. The highest BCUT2D eigenvalue weighted by Gasteiger charge is 2.17. The first-order chi connectivity index (χ1) is 15.1. The molecule has 0 saturated heterocycles. The predicted octanol–water partition coefficient (Wildman–Crippen LogP) is 5.53. The van der Waals surface area contributed by atoms with Crippen LogP contribution in [0.4, 0.5) is 5.69 Å². The van der Waals surface area contributed by atoms with Crippen LogP contribution in [0.5, 0.6) is 0 Å². The molecule has 0 radical (unpaired) electrons. The molecule has 2 aromatic carbocycles. The van der Waals surface area contributed by atoms with Gasteiger partial charge in [-0.2, -0.15) is 0 Å². The van der Waals surface area contributed by atoms with E-state index in [4.69, 9.17) is 16.0 Å². The normalized spacial score (nSPS) is 10.9. The zero-order valence-electron chi connectivity index (χ0n) is 16.9. The van der Waals surface area contributed by atoms with Gasteiger partial charge in [0.1, 0.15) is 5.76 Å². The first-order valence-corrected chi connectivity index (χ1v) is 11.2. The number of hydrogen-bond donors (Lipinski definition) is 1. The lowest BCUT2D eigenvalue weighted by Crippen LogP contribution is -2.15. The number of aromatic nitrogens is 3. The molecular weight excluding hydrogens is 432 g/mol. The molecule has 2 aromatic heterocycles. The zero-order chi connectivity index (χ0) is 21.6. The zero-order valence-corrected chi connectivity index (χ0v) is 18.5. The first kappa shape index (κ1) is 21.2. The van der Waals surface area contributed by atoms with E-state index in [1.165, 1.54) is 17.3 Å². The van der Waals surface area contributed by atoms with Gasteiger partial charge in [0.15, 0.2) is 11.0 Å². The van der Waals surface area contributed by atoms with Crippen LogP contribution >= 0.6 is 23.4 Å². The Kier molecular flexibility index (Phi) is 6.74. The van der Waals surface area contributed by atoms with E-state index >= 15 is 0 Å². The Morgan fingerprint density at radius 3 is 2.71 bits per heavy atom. The molecule has 0 unspecified atom stereocenters. The smallest absolute Gasteiger partial charge is 0.234 e. The van der Waals surface area contributed by atoms with E-state index in [0.717, 1.165) is 23.4 Å². The minimum atomic E-state index is -0.0983. The predicted molar refractivity (Wildman–Crippen MR) is 123 cm³/mol. The summed E-state index contributed by atoms with van der Waals surface area (Å²) in [6.45, 7) is 2.54. The maximum absolute atomic E-state index is 12.5. The Morgan fingerprint density at radius 1 is 1.13 bits per heavy atom. The molecule has 0 aliphatic heterocycles. The summed E-state index contributed by atoms with van der Waals surface area (Å²) in [7, 11) is 0. The van der Waals surface area contributed by atoms with Gasteiger partial charge in [-0.05, 0) is 60.5 Å². The third kappa shape index (κ3) is 5.37.